The first-order valence-electron chi connectivity index (χ1n) is 14.1. The first-order valence-corrected chi connectivity index (χ1v) is 14.1. The summed E-state index contributed by atoms with van der Waals surface area (Å²) < 4.78 is 5.49. The maximum absolute atomic E-state index is 13.3. The first-order chi connectivity index (χ1) is 15.8. The summed E-state index contributed by atoms with van der Waals surface area (Å²) in [6.07, 6.45) is 10.8. The van der Waals surface area contributed by atoms with Crippen molar-refractivity contribution in [2.45, 2.75) is 106 Å². The summed E-state index contributed by atoms with van der Waals surface area (Å²) in [5, 5.41) is 0. The van der Waals surface area contributed by atoms with Crippen molar-refractivity contribution in [3.63, 3.8) is 0 Å². The van der Waals surface area contributed by atoms with Crippen LogP contribution in [0.1, 0.15) is 106 Å². The minimum Gasteiger partial charge on any atom is -0.469 e. The van der Waals surface area contributed by atoms with Crippen LogP contribution in [0.5, 0.6) is 0 Å². The second kappa shape index (κ2) is 7.45. The maximum Gasteiger partial charge on any atom is 0.312 e. The predicted octanol–water partition coefficient (Wildman–Crippen LogP) is 7.39. The molecule has 0 radical (unpaired) electrons. The average molecular weight is 469 g/mol. The zero-order valence-corrected chi connectivity index (χ0v) is 22.9. The number of ketones is 1. The topological polar surface area (TPSA) is 43.4 Å². The van der Waals surface area contributed by atoms with Gasteiger partial charge in [0.1, 0.15) is 5.78 Å². The monoisotopic (exact) mass is 468 g/mol. The molecular formula is C31H48O3. The molecule has 0 spiro atoms. The molecule has 0 saturated heterocycles. The van der Waals surface area contributed by atoms with Crippen LogP contribution < -0.4 is 0 Å². The van der Waals surface area contributed by atoms with E-state index in [1.807, 2.05) is 0 Å². The highest BCUT2D eigenvalue weighted by Gasteiger charge is 2.72. The van der Waals surface area contributed by atoms with Crippen molar-refractivity contribution in [2.24, 2.45) is 56.7 Å². The number of hydrogen-bond donors (Lipinski definition) is 0. The van der Waals surface area contributed by atoms with Crippen molar-refractivity contribution in [1.82, 2.24) is 0 Å². The average Bonchev–Trinajstić information content (AvgIpc) is 3.18. The summed E-state index contributed by atoms with van der Waals surface area (Å²) in [7, 11) is 1.59. The molecule has 0 amide bonds. The number of hydrogen-bond acceptors (Lipinski definition) is 3. The Hall–Kier alpha value is -1.12. The molecule has 0 bridgehead atoms. The Bertz CT molecular complexity index is 918. The molecule has 34 heavy (non-hydrogen) atoms. The summed E-state index contributed by atoms with van der Waals surface area (Å²) in [5.41, 5.74) is 1.45. The van der Waals surface area contributed by atoms with Crippen LogP contribution in [-0.4, -0.2) is 18.9 Å². The smallest absolute Gasteiger partial charge is 0.312 e. The maximum atomic E-state index is 13.3. The van der Waals surface area contributed by atoms with Crippen LogP contribution in [0.15, 0.2) is 12.2 Å². The van der Waals surface area contributed by atoms with Gasteiger partial charge in [0.25, 0.3) is 0 Å². The zero-order valence-electron chi connectivity index (χ0n) is 22.9. The zero-order chi connectivity index (χ0) is 24.9. The van der Waals surface area contributed by atoms with Gasteiger partial charge in [0.15, 0.2) is 0 Å². The van der Waals surface area contributed by atoms with Gasteiger partial charge in [0, 0.05) is 11.8 Å². The summed E-state index contributed by atoms with van der Waals surface area (Å²) in [4.78, 5) is 26.3. The highest BCUT2D eigenvalue weighted by Crippen LogP contribution is 2.77. The number of methoxy groups -OCH3 is 1. The van der Waals surface area contributed by atoms with Gasteiger partial charge in [-0.25, -0.2) is 0 Å². The molecule has 9 atom stereocenters. The Kier molecular flexibility index (Phi) is 5.38. The third-order valence-electron chi connectivity index (χ3n) is 13.4. The second-order valence-corrected chi connectivity index (χ2v) is 14.5. The van der Waals surface area contributed by atoms with E-state index < -0.39 is 0 Å². The normalized spacial score (nSPS) is 51.5. The van der Waals surface area contributed by atoms with Gasteiger partial charge in [0.05, 0.1) is 12.5 Å². The largest absolute Gasteiger partial charge is 0.469 e. The van der Waals surface area contributed by atoms with Gasteiger partial charge in [-0.3, -0.25) is 9.59 Å². The van der Waals surface area contributed by atoms with E-state index in [2.05, 4.69) is 48.1 Å². The van der Waals surface area contributed by atoms with Crippen molar-refractivity contribution in [3.8, 4) is 0 Å². The van der Waals surface area contributed by atoms with Crippen LogP contribution in [0.2, 0.25) is 0 Å². The number of esters is 1. The Labute approximate surface area is 207 Å². The SMILES string of the molecule is C=C(C)[C@@H]1CC[C@]2(C(=O)OC)CC[C@]3(C)[C@H](CC[C@@H]4[C@@]5(C)CCC(=O)C(C)(C)[C@H]5CC[C@]43C)[C@@H]12. The van der Waals surface area contributed by atoms with Crippen molar-refractivity contribution >= 4 is 11.8 Å². The lowest BCUT2D eigenvalue weighted by Crippen LogP contribution is -2.66. The van der Waals surface area contributed by atoms with E-state index in [1.54, 1.807) is 7.11 Å². The van der Waals surface area contributed by atoms with Gasteiger partial charge in [-0.1, -0.05) is 46.8 Å². The van der Waals surface area contributed by atoms with Gasteiger partial charge >= 0.3 is 5.97 Å². The molecule has 0 unspecified atom stereocenters. The Morgan fingerprint density at radius 3 is 2.24 bits per heavy atom. The molecule has 0 aliphatic heterocycles. The van der Waals surface area contributed by atoms with E-state index in [0.29, 0.717) is 35.4 Å². The van der Waals surface area contributed by atoms with E-state index in [1.165, 1.54) is 31.3 Å². The fraction of sp³-hybridized carbons (Fsp3) is 0.871. The van der Waals surface area contributed by atoms with E-state index >= 15 is 0 Å². The molecule has 0 heterocycles. The Morgan fingerprint density at radius 2 is 1.59 bits per heavy atom. The van der Waals surface area contributed by atoms with E-state index in [-0.39, 0.29) is 33.0 Å². The summed E-state index contributed by atoms with van der Waals surface area (Å²) in [6, 6.07) is 0. The van der Waals surface area contributed by atoms with Crippen LogP contribution in [0.4, 0.5) is 0 Å². The van der Waals surface area contributed by atoms with Gasteiger partial charge in [-0.15, -0.1) is 0 Å². The fourth-order valence-electron chi connectivity index (χ4n) is 11.5. The molecule has 5 rings (SSSR count). The molecular weight excluding hydrogens is 420 g/mol. The summed E-state index contributed by atoms with van der Waals surface area (Å²) in [6.45, 7) is 18.8. The van der Waals surface area contributed by atoms with Crippen molar-refractivity contribution in [3.05, 3.63) is 12.2 Å². The Morgan fingerprint density at radius 1 is 0.882 bits per heavy atom. The van der Waals surface area contributed by atoms with E-state index in [0.717, 1.165) is 38.5 Å². The minimum absolute atomic E-state index is 0.0405. The molecule has 0 aromatic heterocycles. The number of allylic oxidation sites excluding steroid dienone is 1. The molecule has 5 fully saturated rings. The quantitative estimate of drug-likeness (QED) is 0.313. The minimum atomic E-state index is -0.313. The number of Topliss-reactive ketones (excluding diaryl/α,β-unsaturated/α-hetero) is 1. The van der Waals surface area contributed by atoms with Crippen molar-refractivity contribution < 1.29 is 14.3 Å². The van der Waals surface area contributed by atoms with Crippen LogP contribution >= 0.6 is 0 Å². The van der Waals surface area contributed by atoms with Crippen LogP contribution in [0, 0.1) is 56.7 Å². The molecule has 5 saturated carbocycles. The first kappa shape index (κ1) is 24.6. The number of fused-ring (bicyclic) bond motifs is 7. The number of carbonyl (C=O) groups is 2. The highest BCUT2D eigenvalue weighted by molar-refractivity contribution is 5.85. The molecule has 0 aromatic carbocycles. The van der Waals surface area contributed by atoms with Gasteiger partial charge in [-0.2, -0.15) is 0 Å². The highest BCUT2D eigenvalue weighted by atomic mass is 16.5. The fourth-order valence-corrected chi connectivity index (χ4v) is 11.5. The predicted molar refractivity (Wildman–Crippen MR) is 136 cm³/mol. The number of rotatable bonds is 2. The van der Waals surface area contributed by atoms with Crippen LogP contribution in [0.3, 0.4) is 0 Å². The molecule has 3 heteroatoms. The molecule has 0 N–H and O–H groups in total. The lowest BCUT2D eigenvalue weighted by molar-refractivity contribution is -0.235. The molecule has 5 aliphatic carbocycles. The molecule has 5 aliphatic rings. The lowest BCUT2D eigenvalue weighted by Gasteiger charge is -2.72. The van der Waals surface area contributed by atoms with Gasteiger partial charge < -0.3 is 4.74 Å². The third kappa shape index (κ3) is 2.76. The van der Waals surface area contributed by atoms with E-state index in [9.17, 15) is 9.59 Å². The number of carbonyl (C=O) groups excluding carboxylic acids is 2. The standard InChI is InChI=1S/C31H48O3/c1-19(2)20-11-16-31(26(33)34-8)18-17-29(6)21(25(20)31)9-10-23-28(5)14-13-24(32)27(3,4)22(28)12-15-30(23,29)7/h20-23,25H,1,9-18H2,2-8H3/t20-,21+,22+,23+,25+,28-,29+,30+,31-/m0/s1. The van der Waals surface area contributed by atoms with Crippen LogP contribution in [-0.2, 0) is 14.3 Å². The van der Waals surface area contributed by atoms with E-state index in [4.69, 9.17) is 4.74 Å². The summed E-state index contributed by atoms with van der Waals surface area (Å²) in [5.74, 6) is 3.01. The Balaban J connectivity index is 1.57. The van der Waals surface area contributed by atoms with Crippen molar-refractivity contribution in [2.75, 3.05) is 7.11 Å². The third-order valence-corrected chi connectivity index (χ3v) is 13.4. The molecule has 190 valence electrons. The summed E-state index contributed by atoms with van der Waals surface area (Å²) >= 11 is 0. The lowest BCUT2D eigenvalue weighted by atomic mass is 9.32. The molecule has 3 nitrogen and oxygen atoms in total. The second-order valence-electron chi connectivity index (χ2n) is 14.5. The number of ether oxygens (including phenoxy) is 1. The van der Waals surface area contributed by atoms with Gasteiger partial charge in [-0.05, 0) is 111 Å². The van der Waals surface area contributed by atoms with Gasteiger partial charge in [0.2, 0.25) is 0 Å². The van der Waals surface area contributed by atoms with Crippen molar-refractivity contribution in [1.29, 1.82) is 0 Å². The molecule has 0 aromatic rings. The van der Waals surface area contributed by atoms with Crippen LogP contribution in [0.25, 0.3) is 0 Å².